The highest BCUT2D eigenvalue weighted by Gasteiger charge is 2.17. The lowest BCUT2D eigenvalue weighted by atomic mass is 10.2. The Morgan fingerprint density at radius 2 is 2.17 bits per heavy atom. The van der Waals surface area contributed by atoms with Gasteiger partial charge in [0.15, 0.2) is 0 Å². The fraction of sp³-hybridized carbons (Fsp3) is 0.294. The van der Waals surface area contributed by atoms with Crippen molar-refractivity contribution in [3.63, 3.8) is 0 Å². The van der Waals surface area contributed by atoms with E-state index in [4.69, 9.17) is 9.68 Å². The third-order valence-corrected chi connectivity index (χ3v) is 4.40. The Bertz CT molecular complexity index is 679. The van der Waals surface area contributed by atoms with E-state index < -0.39 is 0 Å². The summed E-state index contributed by atoms with van der Waals surface area (Å²) in [6.45, 7) is 2.24. The molecule has 2 aromatic rings. The number of nitrogens with one attached hydrogen (secondary N) is 1. The Kier molecular flexibility index (Phi) is 6.27. The molecule has 0 aliphatic heterocycles. The average molecular weight is 329 g/mol. The van der Waals surface area contributed by atoms with Crippen LogP contribution in [0.15, 0.2) is 52.0 Å². The molecule has 0 fully saturated rings. The van der Waals surface area contributed by atoms with Crippen LogP contribution >= 0.6 is 11.8 Å². The van der Waals surface area contributed by atoms with Crippen molar-refractivity contribution in [2.24, 2.45) is 0 Å². The highest BCUT2D eigenvalue weighted by molar-refractivity contribution is 7.99. The maximum absolute atomic E-state index is 12.3. The molecule has 5 nitrogen and oxygen atoms in total. The van der Waals surface area contributed by atoms with Gasteiger partial charge >= 0.3 is 0 Å². The molecule has 1 amide bonds. The quantitative estimate of drug-likeness (QED) is 0.787. The summed E-state index contributed by atoms with van der Waals surface area (Å²) >= 11 is 1.41. The minimum absolute atomic E-state index is 0.0129. The second-order valence-electron chi connectivity index (χ2n) is 5.10. The number of carbonyl (C=O) groups is 1. The summed E-state index contributed by atoms with van der Waals surface area (Å²) in [6.07, 6.45) is 1.63. The number of anilines is 1. The van der Waals surface area contributed by atoms with Crippen molar-refractivity contribution in [2.45, 2.75) is 17.9 Å². The van der Waals surface area contributed by atoms with Crippen LogP contribution in [0.2, 0.25) is 0 Å². The molecule has 0 saturated carbocycles. The number of furan rings is 1. The summed E-state index contributed by atoms with van der Waals surface area (Å²) in [7, 11) is 1.88. The zero-order valence-corrected chi connectivity index (χ0v) is 14.0. The van der Waals surface area contributed by atoms with E-state index in [2.05, 4.69) is 11.4 Å². The Morgan fingerprint density at radius 1 is 1.39 bits per heavy atom. The number of amides is 1. The average Bonchev–Trinajstić information content (AvgIpc) is 3.07. The molecular formula is C17H19N3O2S. The Labute approximate surface area is 140 Å². The second-order valence-corrected chi connectivity index (χ2v) is 6.11. The summed E-state index contributed by atoms with van der Waals surface area (Å²) < 4.78 is 5.37. The standard InChI is InChI=1S/C17H19N3O2S/c1-13(15-7-5-10-22-15)20(2)12-17(21)19-14-6-3-4-8-16(14)23-11-9-18/h3-8,10,13H,11-12H2,1-2H3,(H,19,21)/t13-/m0/s1. The SMILES string of the molecule is C[C@@H](c1ccco1)N(C)CC(=O)Nc1ccccc1SCC#N. The zero-order valence-electron chi connectivity index (χ0n) is 13.2. The summed E-state index contributed by atoms with van der Waals surface area (Å²) in [5.41, 5.74) is 0.733. The number of thioether (sulfide) groups is 1. The lowest BCUT2D eigenvalue weighted by molar-refractivity contribution is -0.117. The van der Waals surface area contributed by atoms with Gasteiger partial charge in [0.1, 0.15) is 5.76 Å². The molecule has 6 heteroatoms. The van der Waals surface area contributed by atoms with E-state index in [1.54, 1.807) is 6.26 Å². The zero-order chi connectivity index (χ0) is 16.7. The third-order valence-electron chi connectivity index (χ3n) is 3.46. The van der Waals surface area contributed by atoms with Gasteiger partial charge in [-0.2, -0.15) is 5.26 Å². The Balaban J connectivity index is 1.96. The molecule has 1 N–H and O–H groups in total. The molecule has 0 saturated heterocycles. The van der Waals surface area contributed by atoms with Crippen molar-refractivity contribution in [3.05, 3.63) is 48.4 Å². The van der Waals surface area contributed by atoms with Crippen molar-refractivity contribution < 1.29 is 9.21 Å². The van der Waals surface area contributed by atoms with Crippen LogP contribution in [0, 0.1) is 11.3 Å². The number of nitrogens with zero attached hydrogens (tertiary/aromatic N) is 2. The Hall–Kier alpha value is -2.23. The number of rotatable bonds is 7. The van der Waals surface area contributed by atoms with Crippen molar-refractivity contribution in [2.75, 3.05) is 24.7 Å². The lowest BCUT2D eigenvalue weighted by Gasteiger charge is -2.22. The smallest absolute Gasteiger partial charge is 0.238 e. The first-order chi connectivity index (χ1) is 11.1. The van der Waals surface area contributed by atoms with E-state index in [0.29, 0.717) is 5.75 Å². The first kappa shape index (κ1) is 17.1. The number of hydrogen-bond acceptors (Lipinski definition) is 5. The molecule has 0 spiro atoms. The van der Waals surface area contributed by atoms with Crippen molar-refractivity contribution in [3.8, 4) is 6.07 Å². The fourth-order valence-electron chi connectivity index (χ4n) is 2.11. The van der Waals surface area contributed by atoms with Gasteiger partial charge in [-0.3, -0.25) is 9.69 Å². The summed E-state index contributed by atoms with van der Waals surface area (Å²) in [5.74, 6) is 1.07. The van der Waals surface area contributed by atoms with E-state index in [1.807, 2.05) is 55.3 Å². The van der Waals surface area contributed by atoms with Crippen LogP contribution in [0.5, 0.6) is 0 Å². The number of para-hydroxylation sites is 1. The number of likely N-dealkylation sites (N-methyl/N-ethyl adjacent to an activating group) is 1. The van der Waals surface area contributed by atoms with Crippen LogP contribution in [0.3, 0.4) is 0 Å². The molecule has 1 aromatic heterocycles. The molecular weight excluding hydrogens is 310 g/mol. The second kappa shape index (κ2) is 8.42. The normalized spacial score (nSPS) is 11.9. The van der Waals surface area contributed by atoms with Crippen LogP contribution < -0.4 is 5.32 Å². The summed E-state index contributed by atoms with van der Waals surface area (Å²) in [5, 5.41) is 11.6. The minimum Gasteiger partial charge on any atom is -0.468 e. The lowest BCUT2D eigenvalue weighted by Crippen LogP contribution is -2.32. The highest BCUT2D eigenvalue weighted by atomic mass is 32.2. The largest absolute Gasteiger partial charge is 0.468 e. The van der Waals surface area contributed by atoms with Gasteiger partial charge in [0.2, 0.25) is 5.91 Å². The molecule has 120 valence electrons. The third kappa shape index (κ3) is 4.88. The predicted molar refractivity (Wildman–Crippen MR) is 91.2 cm³/mol. The van der Waals surface area contributed by atoms with Gasteiger partial charge in [-0.1, -0.05) is 12.1 Å². The molecule has 0 bridgehead atoms. The maximum Gasteiger partial charge on any atom is 0.238 e. The molecule has 2 rings (SSSR count). The molecule has 1 aromatic carbocycles. The first-order valence-electron chi connectivity index (χ1n) is 7.24. The summed E-state index contributed by atoms with van der Waals surface area (Å²) in [4.78, 5) is 15.1. The van der Waals surface area contributed by atoms with Gasteiger partial charge < -0.3 is 9.73 Å². The summed E-state index contributed by atoms with van der Waals surface area (Å²) in [6, 6.07) is 13.3. The predicted octanol–water partition coefficient (Wildman–Crippen LogP) is 3.53. The van der Waals surface area contributed by atoms with Gasteiger partial charge in [-0.25, -0.2) is 0 Å². The van der Waals surface area contributed by atoms with Crippen LogP contribution in [0.4, 0.5) is 5.69 Å². The van der Waals surface area contributed by atoms with Crippen molar-refractivity contribution in [1.29, 1.82) is 5.26 Å². The van der Waals surface area contributed by atoms with Crippen molar-refractivity contribution >= 4 is 23.4 Å². The van der Waals surface area contributed by atoms with Crippen LogP contribution in [-0.4, -0.2) is 30.2 Å². The molecule has 0 unspecified atom stereocenters. The molecule has 0 radical (unpaired) electrons. The van der Waals surface area contributed by atoms with Crippen LogP contribution in [0.1, 0.15) is 18.7 Å². The van der Waals surface area contributed by atoms with Crippen LogP contribution in [0.25, 0.3) is 0 Å². The van der Waals surface area contributed by atoms with Gasteiger partial charge in [0.05, 0.1) is 36.4 Å². The van der Waals surface area contributed by atoms with Gasteiger partial charge in [0, 0.05) is 4.90 Å². The number of nitriles is 1. The molecule has 0 aliphatic carbocycles. The topological polar surface area (TPSA) is 69.3 Å². The van der Waals surface area contributed by atoms with E-state index in [9.17, 15) is 4.79 Å². The van der Waals surface area contributed by atoms with Crippen LogP contribution in [-0.2, 0) is 4.79 Å². The van der Waals surface area contributed by atoms with E-state index in [-0.39, 0.29) is 18.5 Å². The highest BCUT2D eigenvalue weighted by Crippen LogP contribution is 2.26. The van der Waals surface area contributed by atoms with Gasteiger partial charge in [-0.05, 0) is 38.2 Å². The van der Waals surface area contributed by atoms with Gasteiger partial charge in [0.25, 0.3) is 0 Å². The van der Waals surface area contributed by atoms with Crippen molar-refractivity contribution in [1.82, 2.24) is 4.90 Å². The Morgan fingerprint density at radius 3 is 2.87 bits per heavy atom. The minimum atomic E-state index is -0.101. The molecule has 1 atom stereocenters. The van der Waals surface area contributed by atoms with Gasteiger partial charge in [-0.15, -0.1) is 11.8 Å². The molecule has 0 aliphatic rings. The monoisotopic (exact) mass is 329 g/mol. The van der Waals surface area contributed by atoms with E-state index >= 15 is 0 Å². The van der Waals surface area contributed by atoms with E-state index in [1.165, 1.54) is 11.8 Å². The molecule has 23 heavy (non-hydrogen) atoms. The van der Waals surface area contributed by atoms with E-state index in [0.717, 1.165) is 16.3 Å². The number of hydrogen-bond donors (Lipinski definition) is 1. The molecule has 1 heterocycles. The first-order valence-corrected chi connectivity index (χ1v) is 8.22. The fourth-order valence-corrected chi connectivity index (χ4v) is 2.77. The number of benzene rings is 1. The number of carbonyl (C=O) groups excluding carboxylic acids is 1. The maximum atomic E-state index is 12.3.